The summed E-state index contributed by atoms with van der Waals surface area (Å²) in [6.45, 7) is 5.47. The first-order valence-corrected chi connectivity index (χ1v) is 14.7. The minimum atomic E-state index is -0.966. The largest absolute Gasteiger partial charge is 0.489 e. The molecule has 0 saturated heterocycles. The van der Waals surface area contributed by atoms with Gasteiger partial charge in [-0.25, -0.2) is 4.68 Å². The van der Waals surface area contributed by atoms with Gasteiger partial charge in [0.1, 0.15) is 24.0 Å². The van der Waals surface area contributed by atoms with E-state index in [9.17, 15) is 14.7 Å². The molecule has 0 radical (unpaired) electrons. The predicted molar refractivity (Wildman–Crippen MR) is 162 cm³/mol. The maximum Gasteiger partial charge on any atom is 0.255 e. The van der Waals surface area contributed by atoms with E-state index in [1.54, 1.807) is 36.9 Å². The Labute approximate surface area is 251 Å². The number of ether oxygens (including phenoxy) is 2. The van der Waals surface area contributed by atoms with Gasteiger partial charge in [-0.15, -0.1) is 5.10 Å². The van der Waals surface area contributed by atoms with E-state index in [0.29, 0.717) is 23.3 Å². The molecule has 43 heavy (non-hydrogen) atoms. The third-order valence-electron chi connectivity index (χ3n) is 7.68. The highest BCUT2D eigenvalue weighted by Gasteiger charge is 2.35. The van der Waals surface area contributed by atoms with Crippen LogP contribution in [0.15, 0.2) is 71.4 Å². The number of carbonyl (C=O) groups is 2. The van der Waals surface area contributed by atoms with Crippen molar-refractivity contribution in [2.24, 2.45) is 17.6 Å². The van der Waals surface area contributed by atoms with Gasteiger partial charge in [0, 0.05) is 24.4 Å². The van der Waals surface area contributed by atoms with Crippen LogP contribution in [0.5, 0.6) is 5.88 Å². The van der Waals surface area contributed by atoms with Crippen LogP contribution in [0, 0.1) is 17.2 Å². The molecule has 1 aromatic carbocycles. The molecular formula is C32H40N6O5. The summed E-state index contributed by atoms with van der Waals surface area (Å²) in [5, 5.41) is 28.8. The van der Waals surface area contributed by atoms with Crippen LogP contribution in [-0.2, 0) is 9.53 Å². The van der Waals surface area contributed by atoms with Crippen molar-refractivity contribution in [1.82, 2.24) is 20.4 Å². The van der Waals surface area contributed by atoms with Gasteiger partial charge >= 0.3 is 0 Å². The fourth-order valence-electron chi connectivity index (χ4n) is 5.28. The van der Waals surface area contributed by atoms with Crippen molar-refractivity contribution in [1.29, 1.82) is 5.41 Å². The molecule has 3 aliphatic rings. The van der Waals surface area contributed by atoms with Gasteiger partial charge in [-0.3, -0.25) is 9.59 Å². The summed E-state index contributed by atoms with van der Waals surface area (Å²) in [6.07, 6.45) is 10.4. The van der Waals surface area contributed by atoms with Gasteiger partial charge in [-0.1, -0.05) is 18.2 Å². The second kappa shape index (κ2) is 12.5. The van der Waals surface area contributed by atoms with E-state index in [0.717, 1.165) is 49.7 Å². The summed E-state index contributed by atoms with van der Waals surface area (Å²) in [5.74, 6) is 0.603. The molecule has 2 aliphatic carbocycles. The Morgan fingerprint density at radius 3 is 2.60 bits per heavy atom. The van der Waals surface area contributed by atoms with Gasteiger partial charge in [0.15, 0.2) is 0 Å². The van der Waals surface area contributed by atoms with Crippen molar-refractivity contribution >= 4 is 18.0 Å². The lowest BCUT2D eigenvalue weighted by Crippen LogP contribution is -2.41. The highest BCUT2D eigenvalue weighted by molar-refractivity contribution is 6.12. The van der Waals surface area contributed by atoms with Crippen LogP contribution in [0.25, 0.3) is 5.69 Å². The SMILES string of the molecule is C[C@@H](CC1CC(Oc2nn(-c3ccccc3)cc2C(N)=O)C1)NC(=O)/C(C=N)=C1\C=CC(OCC(C)(C)O)=C(C2CC2)N1. The van der Waals surface area contributed by atoms with Crippen molar-refractivity contribution in [3.8, 4) is 11.6 Å². The number of carbonyl (C=O) groups excluding carboxylic acids is 2. The van der Waals surface area contributed by atoms with Crippen LogP contribution < -0.4 is 21.1 Å². The van der Waals surface area contributed by atoms with E-state index in [4.69, 9.17) is 20.6 Å². The number of aromatic nitrogens is 2. The smallest absolute Gasteiger partial charge is 0.255 e. The third kappa shape index (κ3) is 7.53. The van der Waals surface area contributed by atoms with Crippen LogP contribution in [0.4, 0.5) is 0 Å². The van der Waals surface area contributed by atoms with Gasteiger partial charge in [0.2, 0.25) is 5.88 Å². The standard InChI is InChI=1S/C32H40N6O5/c1-19(13-20-14-23(15-20)43-31-25(29(34)39)17-38(37-31)22-7-5-4-6-8-22)35-30(40)24(16-33)26-11-12-27(42-18-32(2,3)41)28(36-26)21-9-10-21/h4-8,11-12,16-17,19-21,23,33,36,41H,9-10,13-15,18H2,1-3H3,(H2,34,39)(H,35,40)/b26-24+,33-16?/t19-,20?,23?/m0/s1. The van der Waals surface area contributed by atoms with Gasteiger partial charge in [0.25, 0.3) is 11.8 Å². The Hall–Kier alpha value is -4.38. The zero-order valence-electron chi connectivity index (χ0n) is 24.8. The molecule has 2 fully saturated rings. The summed E-state index contributed by atoms with van der Waals surface area (Å²) in [7, 11) is 0. The molecule has 6 N–H and O–H groups in total. The Morgan fingerprint density at radius 2 is 1.98 bits per heavy atom. The number of dihydropyridines is 1. The molecule has 0 unspecified atom stereocenters. The Balaban J connectivity index is 1.14. The highest BCUT2D eigenvalue weighted by Crippen LogP contribution is 2.39. The topological polar surface area (TPSA) is 165 Å². The van der Waals surface area contributed by atoms with Crippen molar-refractivity contribution in [2.75, 3.05) is 6.61 Å². The fraction of sp³-hybridized carbons (Fsp3) is 0.438. The van der Waals surface area contributed by atoms with Gasteiger partial charge in [-0.05, 0) is 83.1 Å². The Bertz CT molecular complexity index is 1460. The monoisotopic (exact) mass is 588 g/mol. The average Bonchev–Trinajstić information content (AvgIpc) is 3.70. The number of primary amides is 1. The molecule has 11 nitrogen and oxygen atoms in total. The van der Waals surface area contributed by atoms with Gasteiger partial charge in [-0.2, -0.15) is 0 Å². The molecule has 1 atom stereocenters. The van der Waals surface area contributed by atoms with Crippen molar-refractivity contribution in [3.63, 3.8) is 0 Å². The number of hydrogen-bond acceptors (Lipinski definition) is 8. The first-order chi connectivity index (χ1) is 20.5. The van der Waals surface area contributed by atoms with Crippen molar-refractivity contribution in [3.05, 3.63) is 77.0 Å². The quantitative estimate of drug-likeness (QED) is 0.177. The normalized spacial score (nSPS) is 21.8. The van der Waals surface area contributed by atoms with Crippen LogP contribution in [-0.4, -0.2) is 57.3 Å². The molecule has 0 bridgehead atoms. The molecule has 0 spiro atoms. The fourth-order valence-corrected chi connectivity index (χ4v) is 5.28. The van der Waals surface area contributed by atoms with E-state index >= 15 is 0 Å². The number of allylic oxidation sites excluding steroid dienone is 3. The molecule has 5 rings (SSSR count). The van der Waals surface area contributed by atoms with E-state index in [-0.39, 0.29) is 41.7 Å². The second-order valence-corrected chi connectivity index (χ2v) is 12.3. The lowest BCUT2D eigenvalue weighted by Gasteiger charge is -2.36. The van der Waals surface area contributed by atoms with E-state index in [2.05, 4.69) is 15.7 Å². The highest BCUT2D eigenvalue weighted by atomic mass is 16.5. The van der Waals surface area contributed by atoms with Crippen LogP contribution >= 0.6 is 0 Å². The lowest BCUT2D eigenvalue weighted by molar-refractivity contribution is -0.117. The minimum Gasteiger partial charge on any atom is -0.489 e. The first kappa shape index (κ1) is 30.1. The van der Waals surface area contributed by atoms with E-state index < -0.39 is 11.5 Å². The molecule has 2 amide bonds. The molecule has 228 valence electrons. The molecule has 2 aromatic rings. The molecule has 11 heteroatoms. The number of amides is 2. The number of benzene rings is 1. The number of para-hydroxylation sites is 1. The summed E-state index contributed by atoms with van der Waals surface area (Å²) < 4.78 is 13.5. The minimum absolute atomic E-state index is 0.0959. The van der Waals surface area contributed by atoms with Crippen LogP contribution in [0.1, 0.15) is 63.2 Å². The predicted octanol–water partition coefficient (Wildman–Crippen LogP) is 3.50. The summed E-state index contributed by atoms with van der Waals surface area (Å²) in [4.78, 5) is 25.2. The lowest BCUT2D eigenvalue weighted by atomic mass is 9.78. The number of nitrogens with zero attached hydrogens (tertiary/aromatic N) is 2. The number of aliphatic hydroxyl groups is 1. The number of hydrogen-bond donors (Lipinski definition) is 5. The molecule has 1 aromatic heterocycles. The molecule has 1 aliphatic heterocycles. The van der Waals surface area contributed by atoms with E-state index in [1.165, 1.54) is 0 Å². The van der Waals surface area contributed by atoms with Crippen LogP contribution in [0.2, 0.25) is 0 Å². The van der Waals surface area contributed by atoms with Gasteiger partial charge in [0.05, 0.1) is 28.3 Å². The first-order valence-electron chi connectivity index (χ1n) is 14.7. The molecule has 2 heterocycles. The van der Waals surface area contributed by atoms with Crippen molar-refractivity contribution < 1.29 is 24.2 Å². The average molecular weight is 589 g/mol. The molecular weight excluding hydrogens is 548 g/mol. The number of rotatable bonds is 13. The Morgan fingerprint density at radius 1 is 1.26 bits per heavy atom. The zero-order chi connectivity index (χ0) is 30.7. The van der Waals surface area contributed by atoms with Crippen molar-refractivity contribution in [2.45, 2.75) is 70.6 Å². The Kier molecular flexibility index (Phi) is 8.72. The summed E-state index contributed by atoms with van der Waals surface area (Å²) in [6, 6.07) is 9.31. The second-order valence-electron chi connectivity index (χ2n) is 12.3. The van der Waals surface area contributed by atoms with Gasteiger partial charge < -0.3 is 36.4 Å². The summed E-state index contributed by atoms with van der Waals surface area (Å²) in [5.41, 5.74) is 7.32. The number of nitrogens with one attached hydrogen (secondary N) is 3. The molecule has 2 saturated carbocycles. The number of nitrogens with two attached hydrogens (primary N) is 1. The summed E-state index contributed by atoms with van der Waals surface area (Å²) >= 11 is 0. The van der Waals surface area contributed by atoms with Crippen LogP contribution in [0.3, 0.4) is 0 Å². The maximum atomic E-state index is 13.2. The zero-order valence-corrected chi connectivity index (χ0v) is 24.8. The maximum absolute atomic E-state index is 13.2. The van der Waals surface area contributed by atoms with E-state index in [1.807, 2.05) is 37.3 Å². The third-order valence-corrected chi connectivity index (χ3v) is 7.68.